The highest BCUT2D eigenvalue weighted by Crippen LogP contribution is 2.55. The lowest BCUT2D eigenvalue weighted by atomic mass is 10.0. The molecule has 0 spiro atoms. The number of amides is 3. The average Bonchev–Trinajstić information content (AvgIpc) is 0.725. The maximum atomic E-state index is 15.7. The van der Waals surface area contributed by atoms with E-state index in [9.17, 15) is 59.9 Å². The molecule has 3 fully saturated rings. The van der Waals surface area contributed by atoms with Crippen LogP contribution in [0, 0.1) is 66.4 Å². The van der Waals surface area contributed by atoms with Gasteiger partial charge < -0.3 is 44.7 Å². The van der Waals surface area contributed by atoms with Crippen LogP contribution in [0.25, 0.3) is 83.9 Å². The molecule has 3 N–H and O–H groups in total. The van der Waals surface area contributed by atoms with E-state index in [1.807, 2.05) is 105 Å². The Balaban J connectivity index is 0.000000178. The fraction of sp³-hybridized carbons (Fsp3) is 0.303. The van der Waals surface area contributed by atoms with E-state index in [1.165, 1.54) is 44.1 Å². The first-order valence-electron chi connectivity index (χ1n) is 43.7. The average molecular weight is 2170 g/mol. The zero-order chi connectivity index (χ0) is 104. The molecule has 3 amide bonds. The monoisotopic (exact) mass is 2160 g/mol. The summed E-state index contributed by atoms with van der Waals surface area (Å²) >= 11 is 82.7. The lowest BCUT2D eigenvalue weighted by molar-refractivity contribution is -0.131. The number of anilines is 3. The number of fused-ring (bicyclic) bond motifs is 3. The highest BCUT2D eigenvalue weighted by Gasteiger charge is 2.42. The van der Waals surface area contributed by atoms with Crippen LogP contribution in [-0.4, -0.2) is 167 Å². The van der Waals surface area contributed by atoms with Crippen molar-refractivity contribution in [1.82, 2.24) is 58.3 Å². The van der Waals surface area contributed by atoms with Crippen LogP contribution in [0.3, 0.4) is 0 Å². The Bertz CT molecular complexity index is 6860. The molecular formula is C99H87Cl13F2N18O9. The summed E-state index contributed by atoms with van der Waals surface area (Å²) in [7, 11) is 0. The number of rotatable bonds is 15. The number of hydrogen-bond acceptors (Lipinski definition) is 21. The molecule has 6 atom stereocenters. The molecule has 15 rings (SSSR count). The molecule has 3 saturated heterocycles. The number of phenolic OH excluding ortho intramolecular Hbond substituents is 3. The Hall–Kier alpha value is -11.3. The summed E-state index contributed by atoms with van der Waals surface area (Å²) in [5.74, 6) is -5.38. The van der Waals surface area contributed by atoms with Gasteiger partial charge in [-0.2, -0.15) is 15.8 Å². The van der Waals surface area contributed by atoms with E-state index in [0.29, 0.717) is 85.8 Å². The first-order chi connectivity index (χ1) is 66.5. The fourth-order valence-electron chi connectivity index (χ4n) is 18.7. The van der Waals surface area contributed by atoms with Crippen LogP contribution in [0.5, 0.6) is 17.2 Å². The Morgan fingerprint density at radius 3 is 0.844 bits per heavy atom. The van der Waals surface area contributed by atoms with Crippen molar-refractivity contribution >= 4 is 219 Å². The normalized spacial score (nSPS) is 16.6. The van der Waals surface area contributed by atoms with Crippen molar-refractivity contribution in [3.63, 3.8) is 0 Å². The van der Waals surface area contributed by atoms with Gasteiger partial charge in [0.1, 0.15) is 84.2 Å². The van der Waals surface area contributed by atoms with Crippen molar-refractivity contribution in [2.75, 3.05) is 54.0 Å². The third-order valence-corrected chi connectivity index (χ3v) is 30.0. The second-order valence-electron chi connectivity index (χ2n) is 35.1. The quantitative estimate of drug-likeness (QED) is 0.0487. The molecule has 12 aromatic rings. The van der Waals surface area contributed by atoms with E-state index >= 15 is 8.78 Å². The largest absolute Gasteiger partial charge is 0.506 e. The minimum atomic E-state index is -1.12. The van der Waals surface area contributed by atoms with Crippen LogP contribution in [-0.2, 0) is 14.4 Å². The van der Waals surface area contributed by atoms with Crippen LogP contribution in [0.4, 0.5) is 25.8 Å². The molecule has 0 aliphatic carbocycles. The second kappa shape index (κ2) is 42.3. The molecule has 42 heteroatoms. The van der Waals surface area contributed by atoms with Crippen LogP contribution in [0.15, 0.2) is 107 Å². The Kier molecular flexibility index (Phi) is 32.1. The number of piperazine rings is 3. The number of benzene rings is 3. The van der Waals surface area contributed by atoms with Gasteiger partial charge in [-0.1, -0.05) is 212 Å². The maximum Gasteiger partial charge on any atom is 0.276 e. The number of aryl methyl sites for hydroxylation is 3. The molecule has 3 aliphatic rings. The van der Waals surface area contributed by atoms with Gasteiger partial charge in [0.25, 0.3) is 16.7 Å². The highest BCUT2D eigenvalue weighted by atomic mass is 35.5. The van der Waals surface area contributed by atoms with Gasteiger partial charge in [-0.15, -0.1) is 0 Å². The molecule has 0 saturated carbocycles. The van der Waals surface area contributed by atoms with E-state index in [0.717, 1.165) is 0 Å². The van der Waals surface area contributed by atoms with Gasteiger partial charge in [0, 0.05) is 110 Å². The molecule has 0 unspecified atom stereocenters. The topological polar surface area (TPSA) is 346 Å². The summed E-state index contributed by atoms with van der Waals surface area (Å²) in [5, 5.41) is 61.9. The van der Waals surface area contributed by atoms with E-state index in [2.05, 4.69) is 52.9 Å². The van der Waals surface area contributed by atoms with Crippen molar-refractivity contribution < 1.29 is 38.5 Å². The zero-order valence-corrected chi connectivity index (χ0v) is 87.8. The summed E-state index contributed by atoms with van der Waals surface area (Å²) in [6.07, 6.45) is 8.65. The van der Waals surface area contributed by atoms with Gasteiger partial charge in [-0.3, -0.25) is 57.4 Å². The van der Waals surface area contributed by atoms with Crippen molar-refractivity contribution in [2.45, 2.75) is 158 Å². The van der Waals surface area contributed by atoms with Crippen LogP contribution >= 0.6 is 151 Å². The van der Waals surface area contributed by atoms with E-state index < -0.39 is 86.8 Å². The summed E-state index contributed by atoms with van der Waals surface area (Å²) in [6, 6.07) is 14.1. The standard InChI is InChI=1S/C33H29Cl5N6O3.2C33H29Cl4FN6O3/c1-7-21(45)43-16(5)12-42(13-17(43)6)30-18-10-20(34)28(22-23(35)24(36)25(37)26(38)31(22)46)41-32(18)44(33(47)19(30)11-39)29-15(4)8-9-40-27(29)14(2)3;2*1-7-21(45)43-16(5)12-42(13-17(43)6)30-18-10-20(34)28(22-26(38)24(36)23(35)25(37)31(22)46)41-32(18)44(33(47)19(30)11-39)29-15(4)8-9-40-27(29)14(2)3/h3*7-10,14,16-17,46H,1,12-13H2,2-6H3/t3*16-,17+. The number of nitrogens with zero attached hydrogens (tertiary/aromatic N) is 18. The number of carbonyl (C=O) groups excluding carboxylic acids is 3. The zero-order valence-electron chi connectivity index (χ0n) is 78.0. The number of carbonyl (C=O) groups is 3. The Morgan fingerprint density at radius 1 is 0.383 bits per heavy atom. The van der Waals surface area contributed by atoms with Crippen LogP contribution < -0.4 is 31.4 Å². The predicted octanol–water partition coefficient (Wildman–Crippen LogP) is 24.0. The SMILES string of the molecule is C=CC(=O)N1[C@H](C)CN(c2c(C#N)c(=O)n(-c3c(C)ccnc3C(C)C)c3nc(-c4c(O)c(Cl)c(Cl)c(Cl)c4Cl)c(Cl)cc23)C[C@@H]1C.C=CC(=O)N1[C@H](C)CN(c2c(C#N)c(=O)n(-c3c(C)ccnc3C(C)C)c3nc(-c4c(O)c(Cl)c(Cl)c(Cl)c4F)c(Cl)cc23)C[C@@H]1C.C=CC(=O)N1[C@H](C)CN(c2c(C#N)c(=O)n(-c3c(C)ccnc3C(C)C)c3nc(-c4c(O)c(Cl)c(Cl)c(Cl)c4F)c(Cl)cc23)C[C@@H]1C. The summed E-state index contributed by atoms with van der Waals surface area (Å²) in [5.41, 5.74) is 1.65. The van der Waals surface area contributed by atoms with Crippen LogP contribution in [0.2, 0.25) is 65.3 Å². The third kappa shape index (κ3) is 18.9. The Morgan fingerprint density at radius 2 is 0.610 bits per heavy atom. The number of phenols is 3. The second-order valence-corrected chi connectivity index (χ2v) is 40.1. The first-order valence-corrected chi connectivity index (χ1v) is 48.6. The molecule has 9 aromatic heterocycles. The van der Waals surface area contributed by atoms with Crippen molar-refractivity contribution in [3.05, 3.63) is 251 Å². The number of halogens is 15. The molecular weight excluding hydrogens is 2080 g/mol. The van der Waals surface area contributed by atoms with Gasteiger partial charge in [-0.25, -0.2) is 23.7 Å². The lowest BCUT2D eigenvalue weighted by Crippen LogP contribution is -2.58. The number of aromatic hydroxyl groups is 3. The number of aromatic nitrogens is 9. The lowest BCUT2D eigenvalue weighted by Gasteiger charge is -2.45. The van der Waals surface area contributed by atoms with Crippen molar-refractivity contribution in [1.29, 1.82) is 15.8 Å². The van der Waals surface area contributed by atoms with Crippen LogP contribution in [0.1, 0.15) is 151 Å². The van der Waals surface area contributed by atoms with E-state index in [-0.39, 0.29) is 201 Å². The molecule has 27 nitrogen and oxygen atoms in total. The first kappa shape index (κ1) is 107. The van der Waals surface area contributed by atoms with E-state index in [4.69, 9.17) is 166 Å². The van der Waals surface area contributed by atoms with Gasteiger partial charge in [-0.05, 0) is 151 Å². The summed E-state index contributed by atoms with van der Waals surface area (Å²) in [6.45, 7) is 40.6. The predicted molar refractivity (Wildman–Crippen MR) is 557 cm³/mol. The molecule has 12 heterocycles. The fourth-order valence-corrected chi connectivity index (χ4v) is 21.6. The minimum Gasteiger partial charge on any atom is -0.506 e. The molecule has 3 aliphatic heterocycles. The Labute approximate surface area is 873 Å². The third-order valence-electron chi connectivity index (χ3n) is 24.8. The highest BCUT2D eigenvalue weighted by molar-refractivity contribution is 6.54. The van der Waals surface area contributed by atoms with Gasteiger partial charge in [0.15, 0.2) is 11.6 Å². The summed E-state index contributed by atoms with van der Waals surface area (Å²) < 4.78 is 35.3. The molecule has 0 bridgehead atoms. The maximum absolute atomic E-state index is 15.7. The smallest absolute Gasteiger partial charge is 0.276 e. The minimum absolute atomic E-state index is 0.00676. The molecule has 3 aromatic carbocycles. The number of hydrogen-bond donors (Lipinski definition) is 3. The number of pyridine rings is 9. The molecule has 732 valence electrons. The number of nitriles is 3. The van der Waals surface area contributed by atoms with Gasteiger partial charge >= 0.3 is 0 Å². The molecule has 141 heavy (non-hydrogen) atoms. The molecule has 0 radical (unpaired) electrons. The van der Waals surface area contributed by atoms with E-state index in [1.54, 1.807) is 71.4 Å². The van der Waals surface area contributed by atoms with Gasteiger partial charge in [0.05, 0.1) is 135 Å². The van der Waals surface area contributed by atoms with Crippen molar-refractivity contribution in [2.24, 2.45) is 0 Å². The summed E-state index contributed by atoms with van der Waals surface area (Å²) in [4.78, 5) is 120. The van der Waals surface area contributed by atoms with Gasteiger partial charge in [0.2, 0.25) is 17.7 Å². The van der Waals surface area contributed by atoms with Crippen molar-refractivity contribution in [3.8, 4) is 86.3 Å².